The van der Waals surface area contributed by atoms with E-state index in [1.54, 1.807) is 12.1 Å². The standard InChI is InChI=1S/C22H23N3O4S/c1-28-21-14-23-15-22(24-21)29-19-8-5-13-25(16-19)30(26,27)20-11-9-18(10-12-20)17-6-3-2-4-7-17/h2-4,6-7,9-12,14-15,19H,5,8,13,16H2,1H3. The van der Waals surface area contributed by atoms with Gasteiger partial charge in [0.2, 0.25) is 21.8 Å². The molecule has 0 N–H and O–H groups in total. The third-order valence-electron chi connectivity index (χ3n) is 5.03. The van der Waals surface area contributed by atoms with E-state index < -0.39 is 10.0 Å². The number of ether oxygens (including phenoxy) is 2. The Morgan fingerprint density at radius 1 is 0.967 bits per heavy atom. The van der Waals surface area contributed by atoms with Crippen LogP contribution in [0.4, 0.5) is 0 Å². The van der Waals surface area contributed by atoms with Gasteiger partial charge in [0.15, 0.2) is 0 Å². The Morgan fingerprint density at radius 3 is 2.40 bits per heavy atom. The van der Waals surface area contributed by atoms with Crippen molar-refractivity contribution in [1.29, 1.82) is 0 Å². The lowest BCUT2D eigenvalue weighted by atomic mass is 10.1. The predicted octanol–water partition coefficient (Wildman–Crippen LogP) is 3.38. The highest BCUT2D eigenvalue weighted by molar-refractivity contribution is 7.89. The van der Waals surface area contributed by atoms with Gasteiger partial charge < -0.3 is 9.47 Å². The topological polar surface area (TPSA) is 81.6 Å². The second kappa shape index (κ2) is 8.81. The summed E-state index contributed by atoms with van der Waals surface area (Å²) in [5.74, 6) is 0.678. The Bertz CT molecular complexity index is 1090. The van der Waals surface area contributed by atoms with Crippen LogP contribution in [0, 0.1) is 0 Å². The lowest BCUT2D eigenvalue weighted by molar-refractivity contribution is 0.123. The Hall–Kier alpha value is -2.97. The van der Waals surface area contributed by atoms with Gasteiger partial charge in [-0.25, -0.2) is 8.42 Å². The monoisotopic (exact) mass is 425 g/mol. The smallest absolute Gasteiger partial charge is 0.243 e. The van der Waals surface area contributed by atoms with Crippen molar-refractivity contribution in [3.05, 3.63) is 67.0 Å². The number of aromatic nitrogens is 2. The summed E-state index contributed by atoms with van der Waals surface area (Å²) in [6, 6.07) is 16.9. The molecule has 0 saturated carbocycles. The van der Waals surface area contributed by atoms with E-state index >= 15 is 0 Å². The molecule has 1 aliphatic heterocycles. The summed E-state index contributed by atoms with van der Waals surface area (Å²) in [4.78, 5) is 8.50. The van der Waals surface area contributed by atoms with E-state index in [-0.39, 0.29) is 17.5 Å². The minimum absolute atomic E-state index is 0.266. The van der Waals surface area contributed by atoms with E-state index in [2.05, 4.69) is 9.97 Å². The molecule has 1 aromatic heterocycles. The molecule has 0 bridgehead atoms. The van der Waals surface area contributed by atoms with Crippen LogP contribution in [-0.2, 0) is 10.0 Å². The molecule has 1 atom stereocenters. The largest absolute Gasteiger partial charge is 0.480 e. The summed E-state index contributed by atoms with van der Waals surface area (Å²) in [5, 5.41) is 0. The van der Waals surface area contributed by atoms with Gasteiger partial charge in [0.05, 0.1) is 30.9 Å². The van der Waals surface area contributed by atoms with Crippen LogP contribution in [0.15, 0.2) is 71.9 Å². The third kappa shape index (κ3) is 4.44. The van der Waals surface area contributed by atoms with Crippen LogP contribution >= 0.6 is 0 Å². The molecular formula is C22H23N3O4S. The predicted molar refractivity (Wildman–Crippen MR) is 113 cm³/mol. The lowest BCUT2D eigenvalue weighted by Gasteiger charge is -2.31. The Labute approximate surface area is 176 Å². The molecule has 4 rings (SSSR count). The molecule has 1 fully saturated rings. The van der Waals surface area contributed by atoms with Crippen molar-refractivity contribution in [2.75, 3.05) is 20.2 Å². The van der Waals surface area contributed by atoms with Crippen LogP contribution in [0.2, 0.25) is 0 Å². The fourth-order valence-corrected chi connectivity index (χ4v) is 4.99. The molecule has 30 heavy (non-hydrogen) atoms. The van der Waals surface area contributed by atoms with Crippen molar-refractivity contribution in [1.82, 2.24) is 14.3 Å². The van der Waals surface area contributed by atoms with E-state index in [0.29, 0.717) is 24.7 Å². The van der Waals surface area contributed by atoms with Gasteiger partial charge in [-0.3, -0.25) is 4.98 Å². The molecule has 1 aliphatic rings. The van der Waals surface area contributed by atoms with Gasteiger partial charge in [-0.05, 0) is 36.1 Å². The summed E-state index contributed by atoms with van der Waals surface area (Å²) >= 11 is 0. The first kappa shape index (κ1) is 20.3. The van der Waals surface area contributed by atoms with Crippen molar-refractivity contribution in [2.45, 2.75) is 23.8 Å². The number of piperidine rings is 1. The van der Waals surface area contributed by atoms with Gasteiger partial charge in [0, 0.05) is 6.54 Å². The summed E-state index contributed by atoms with van der Waals surface area (Å²) < 4.78 is 38.7. The number of hydrogen-bond donors (Lipinski definition) is 0. The van der Waals surface area contributed by atoms with Crippen LogP contribution in [0.1, 0.15) is 12.8 Å². The average Bonchev–Trinajstić information content (AvgIpc) is 2.80. The van der Waals surface area contributed by atoms with E-state index in [4.69, 9.17) is 9.47 Å². The summed E-state index contributed by atoms with van der Waals surface area (Å²) in [6.45, 7) is 0.730. The number of hydrogen-bond acceptors (Lipinski definition) is 6. The van der Waals surface area contributed by atoms with Crippen LogP contribution in [0.5, 0.6) is 11.8 Å². The Morgan fingerprint density at radius 2 is 1.67 bits per heavy atom. The Kier molecular flexibility index (Phi) is 5.96. The highest BCUT2D eigenvalue weighted by Crippen LogP contribution is 2.26. The zero-order valence-electron chi connectivity index (χ0n) is 16.6. The molecule has 156 valence electrons. The summed E-state index contributed by atoms with van der Waals surface area (Å²) in [7, 11) is -2.10. The second-order valence-electron chi connectivity index (χ2n) is 7.04. The first-order chi connectivity index (χ1) is 14.6. The van der Waals surface area contributed by atoms with Crippen LogP contribution in [0.3, 0.4) is 0 Å². The van der Waals surface area contributed by atoms with Crippen molar-refractivity contribution in [3.8, 4) is 22.9 Å². The average molecular weight is 426 g/mol. The summed E-state index contributed by atoms with van der Waals surface area (Å²) in [5.41, 5.74) is 2.03. The van der Waals surface area contributed by atoms with Crippen molar-refractivity contribution < 1.29 is 17.9 Å². The van der Waals surface area contributed by atoms with Crippen LogP contribution in [-0.4, -0.2) is 49.0 Å². The normalized spacial score (nSPS) is 17.4. The highest BCUT2D eigenvalue weighted by Gasteiger charge is 2.31. The number of benzene rings is 2. The maximum Gasteiger partial charge on any atom is 0.243 e. The zero-order chi connectivity index (χ0) is 21.0. The fourth-order valence-electron chi connectivity index (χ4n) is 3.48. The quantitative estimate of drug-likeness (QED) is 0.602. The molecule has 0 aliphatic carbocycles. The van der Waals surface area contributed by atoms with Gasteiger partial charge in [-0.1, -0.05) is 42.5 Å². The molecule has 1 unspecified atom stereocenters. The summed E-state index contributed by atoms with van der Waals surface area (Å²) in [6.07, 6.45) is 4.15. The van der Waals surface area contributed by atoms with Gasteiger partial charge in [-0.2, -0.15) is 9.29 Å². The van der Waals surface area contributed by atoms with Crippen LogP contribution < -0.4 is 9.47 Å². The maximum atomic E-state index is 13.2. The van der Waals surface area contributed by atoms with Crippen molar-refractivity contribution in [3.63, 3.8) is 0 Å². The third-order valence-corrected chi connectivity index (χ3v) is 6.91. The SMILES string of the molecule is COc1cncc(OC2CCCN(S(=O)(=O)c3ccc(-c4ccccc4)cc3)C2)n1. The van der Waals surface area contributed by atoms with Gasteiger partial charge in [-0.15, -0.1) is 0 Å². The molecule has 3 aromatic rings. The number of nitrogens with zero attached hydrogens (tertiary/aromatic N) is 3. The molecule has 0 radical (unpaired) electrons. The molecule has 2 aromatic carbocycles. The highest BCUT2D eigenvalue weighted by atomic mass is 32.2. The van der Waals surface area contributed by atoms with Gasteiger partial charge >= 0.3 is 0 Å². The van der Waals surface area contributed by atoms with Gasteiger partial charge in [0.1, 0.15) is 6.10 Å². The Balaban J connectivity index is 1.48. The van der Waals surface area contributed by atoms with Gasteiger partial charge in [0.25, 0.3) is 0 Å². The number of sulfonamides is 1. The minimum atomic E-state index is -3.61. The van der Waals surface area contributed by atoms with E-state index in [9.17, 15) is 8.42 Å². The van der Waals surface area contributed by atoms with E-state index in [1.807, 2.05) is 42.5 Å². The first-order valence-corrected chi connectivity index (χ1v) is 11.2. The van der Waals surface area contributed by atoms with Crippen molar-refractivity contribution in [2.24, 2.45) is 0 Å². The maximum absolute atomic E-state index is 13.2. The molecule has 1 saturated heterocycles. The molecular weight excluding hydrogens is 402 g/mol. The number of methoxy groups -OCH3 is 1. The minimum Gasteiger partial charge on any atom is -0.480 e. The van der Waals surface area contributed by atoms with E-state index in [1.165, 1.54) is 23.8 Å². The molecule has 0 spiro atoms. The molecule has 7 nitrogen and oxygen atoms in total. The van der Waals surface area contributed by atoms with Crippen molar-refractivity contribution >= 4 is 10.0 Å². The first-order valence-electron chi connectivity index (χ1n) is 9.74. The second-order valence-corrected chi connectivity index (χ2v) is 8.97. The van der Waals surface area contributed by atoms with E-state index in [0.717, 1.165) is 17.5 Å². The lowest BCUT2D eigenvalue weighted by Crippen LogP contribution is -2.44. The zero-order valence-corrected chi connectivity index (χ0v) is 17.5. The number of rotatable bonds is 6. The molecule has 0 amide bonds. The molecule has 2 heterocycles. The fraction of sp³-hybridized carbons (Fsp3) is 0.273. The van der Waals surface area contributed by atoms with Crippen LogP contribution in [0.25, 0.3) is 11.1 Å². The molecule has 8 heteroatoms.